The lowest BCUT2D eigenvalue weighted by molar-refractivity contribution is 0.0999. The second-order valence-electron chi connectivity index (χ2n) is 3.42. The molecule has 0 bridgehead atoms. The molecular weight excluding hydrogens is 202 g/mol. The largest absolute Gasteiger partial charge is 0.366 e. The van der Waals surface area contributed by atoms with E-state index in [1.807, 2.05) is 30.3 Å². The number of benzene rings is 1. The smallest absolute Gasteiger partial charge is 0.250 e. The Morgan fingerprint density at radius 3 is 2.62 bits per heavy atom. The summed E-state index contributed by atoms with van der Waals surface area (Å²) in [5, 5.41) is 7.71. The van der Waals surface area contributed by atoms with Crippen molar-refractivity contribution in [3.8, 4) is 0 Å². The monoisotopic (exact) mass is 213 g/mol. The molecule has 16 heavy (non-hydrogen) atoms. The minimum absolute atomic E-state index is 0.429. The summed E-state index contributed by atoms with van der Waals surface area (Å²) in [6.07, 6.45) is 2.03. The SMILES string of the molecule is NC(=O)c1ccnnc1Cc1ccccc1. The summed E-state index contributed by atoms with van der Waals surface area (Å²) in [5.41, 5.74) is 7.38. The van der Waals surface area contributed by atoms with Crippen LogP contribution in [0.5, 0.6) is 0 Å². The molecule has 0 aliphatic carbocycles. The van der Waals surface area contributed by atoms with Gasteiger partial charge in [-0.3, -0.25) is 4.79 Å². The Hall–Kier alpha value is -2.23. The molecule has 4 heteroatoms. The third kappa shape index (κ3) is 2.23. The molecule has 1 heterocycles. The van der Waals surface area contributed by atoms with Crippen LogP contribution < -0.4 is 5.73 Å². The third-order valence-corrected chi connectivity index (χ3v) is 2.28. The first kappa shape index (κ1) is 10.3. The summed E-state index contributed by atoms with van der Waals surface area (Å²) < 4.78 is 0. The molecule has 0 spiro atoms. The topological polar surface area (TPSA) is 68.9 Å². The zero-order chi connectivity index (χ0) is 11.4. The Labute approximate surface area is 93.1 Å². The molecule has 0 radical (unpaired) electrons. The van der Waals surface area contributed by atoms with Crippen molar-refractivity contribution in [3.05, 3.63) is 59.4 Å². The fourth-order valence-electron chi connectivity index (χ4n) is 1.51. The summed E-state index contributed by atoms with van der Waals surface area (Å²) in [5.74, 6) is -0.471. The van der Waals surface area contributed by atoms with Gasteiger partial charge in [0.05, 0.1) is 17.5 Å². The van der Waals surface area contributed by atoms with E-state index in [-0.39, 0.29) is 0 Å². The van der Waals surface area contributed by atoms with Crippen LogP contribution in [0.15, 0.2) is 42.6 Å². The number of nitrogens with two attached hydrogens (primary N) is 1. The molecule has 1 amide bonds. The van der Waals surface area contributed by atoms with Gasteiger partial charge in [0.25, 0.3) is 5.91 Å². The second-order valence-corrected chi connectivity index (χ2v) is 3.42. The molecule has 0 fully saturated rings. The molecule has 0 saturated heterocycles. The lowest BCUT2D eigenvalue weighted by atomic mass is 10.1. The zero-order valence-electron chi connectivity index (χ0n) is 8.63. The van der Waals surface area contributed by atoms with Gasteiger partial charge >= 0.3 is 0 Å². The summed E-state index contributed by atoms with van der Waals surface area (Å²) in [6.45, 7) is 0. The summed E-state index contributed by atoms with van der Waals surface area (Å²) in [7, 11) is 0. The number of carbonyl (C=O) groups excluding carboxylic acids is 1. The standard InChI is InChI=1S/C12H11N3O/c13-12(16)10-6-7-14-15-11(10)8-9-4-2-1-3-5-9/h1-7H,8H2,(H2,13,16). The summed E-state index contributed by atoms with van der Waals surface area (Å²) in [6, 6.07) is 11.4. The predicted octanol–water partition coefficient (Wildman–Crippen LogP) is 1.17. The van der Waals surface area contributed by atoms with Crippen molar-refractivity contribution in [1.29, 1.82) is 0 Å². The van der Waals surface area contributed by atoms with Crippen LogP contribution in [0.25, 0.3) is 0 Å². The third-order valence-electron chi connectivity index (χ3n) is 2.28. The number of aromatic nitrogens is 2. The average molecular weight is 213 g/mol. The van der Waals surface area contributed by atoms with Crippen LogP contribution in [-0.4, -0.2) is 16.1 Å². The van der Waals surface area contributed by atoms with Gasteiger partial charge in [-0.2, -0.15) is 10.2 Å². The Morgan fingerprint density at radius 2 is 1.94 bits per heavy atom. The van der Waals surface area contributed by atoms with Crippen molar-refractivity contribution in [3.63, 3.8) is 0 Å². The lowest BCUT2D eigenvalue weighted by Crippen LogP contribution is -2.15. The van der Waals surface area contributed by atoms with Gasteiger partial charge in [0, 0.05) is 6.42 Å². The van der Waals surface area contributed by atoms with E-state index in [1.165, 1.54) is 6.20 Å². The van der Waals surface area contributed by atoms with Crippen LogP contribution in [0.1, 0.15) is 21.6 Å². The fourth-order valence-corrected chi connectivity index (χ4v) is 1.51. The van der Waals surface area contributed by atoms with Crippen molar-refractivity contribution in [2.75, 3.05) is 0 Å². The molecule has 0 atom stereocenters. The van der Waals surface area contributed by atoms with Gasteiger partial charge in [0.2, 0.25) is 0 Å². The van der Waals surface area contributed by atoms with Crippen molar-refractivity contribution in [1.82, 2.24) is 10.2 Å². The van der Waals surface area contributed by atoms with E-state index >= 15 is 0 Å². The van der Waals surface area contributed by atoms with Gasteiger partial charge in [-0.1, -0.05) is 30.3 Å². The van der Waals surface area contributed by atoms with Crippen molar-refractivity contribution >= 4 is 5.91 Å². The normalized spacial score (nSPS) is 10.0. The van der Waals surface area contributed by atoms with Crippen molar-refractivity contribution in [2.45, 2.75) is 6.42 Å². The minimum Gasteiger partial charge on any atom is -0.366 e. The highest BCUT2D eigenvalue weighted by Gasteiger charge is 2.09. The Bertz CT molecular complexity index is 497. The Morgan fingerprint density at radius 1 is 1.19 bits per heavy atom. The van der Waals surface area contributed by atoms with Gasteiger partial charge in [-0.25, -0.2) is 0 Å². The van der Waals surface area contributed by atoms with E-state index in [9.17, 15) is 4.79 Å². The quantitative estimate of drug-likeness (QED) is 0.832. The van der Waals surface area contributed by atoms with E-state index in [4.69, 9.17) is 5.73 Å². The maximum absolute atomic E-state index is 11.2. The van der Waals surface area contributed by atoms with Crippen LogP contribution in [0.3, 0.4) is 0 Å². The Balaban J connectivity index is 2.31. The zero-order valence-corrected chi connectivity index (χ0v) is 8.63. The molecular formula is C12H11N3O. The molecule has 0 unspecified atom stereocenters. The number of nitrogens with zero attached hydrogens (tertiary/aromatic N) is 2. The molecule has 2 N–H and O–H groups in total. The number of carbonyl (C=O) groups is 1. The highest BCUT2D eigenvalue weighted by atomic mass is 16.1. The van der Waals surface area contributed by atoms with E-state index in [1.54, 1.807) is 6.07 Å². The van der Waals surface area contributed by atoms with Gasteiger partial charge < -0.3 is 5.73 Å². The first-order valence-corrected chi connectivity index (χ1v) is 4.91. The summed E-state index contributed by atoms with van der Waals surface area (Å²) >= 11 is 0. The van der Waals surface area contributed by atoms with E-state index in [2.05, 4.69) is 10.2 Å². The molecule has 1 aromatic heterocycles. The van der Waals surface area contributed by atoms with Gasteiger partial charge in [-0.05, 0) is 11.6 Å². The van der Waals surface area contributed by atoms with Crippen LogP contribution in [-0.2, 0) is 6.42 Å². The second kappa shape index (κ2) is 4.53. The maximum Gasteiger partial charge on any atom is 0.250 e. The van der Waals surface area contributed by atoms with E-state index in [0.29, 0.717) is 17.7 Å². The van der Waals surface area contributed by atoms with Crippen LogP contribution >= 0.6 is 0 Å². The summed E-state index contributed by atoms with van der Waals surface area (Å²) in [4.78, 5) is 11.2. The van der Waals surface area contributed by atoms with Crippen molar-refractivity contribution < 1.29 is 4.79 Å². The molecule has 0 saturated carbocycles. The lowest BCUT2D eigenvalue weighted by Gasteiger charge is -2.03. The molecule has 0 aliphatic rings. The number of hydrogen-bond donors (Lipinski definition) is 1. The van der Waals surface area contributed by atoms with E-state index < -0.39 is 5.91 Å². The van der Waals surface area contributed by atoms with Crippen LogP contribution in [0, 0.1) is 0 Å². The minimum atomic E-state index is -0.471. The number of rotatable bonds is 3. The molecule has 4 nitrogen and oxygen atoms in total. The van der Waals surface area contributed by atoms with Crippen molar-refractivity contribution in [2.24, 2.45) is 5.73 Å². The molecule has 1 aromatic carbocycles. The highest BCUT2D eigenvalue weighted by molar-refractivity contribution is 5.93. The number of primary amides is 1. The number of amides is 1. The van der Waals surface area contributed by atoms with Gasteiger partial charge in [-0.15, -0.1) is 0 Å². The molecule has 80 valence electrons. The number of hydrogen-bond acceptors (Lipinski definition) is 3. The maximum atomic E-state index is 11.2. The Kier molecular flexibility index (Phi) is 2.91. The fraction of sp³-hybridized carbons (Fsp3) is 0.0833. The van der Waals surface area contributed by atoms with Crippen LogP contribution in [0.2, 0.25) is 0 Å². The molecule has 2 aromatic rings. The van der Waals surface area contributed by atoms with Gasteiger partial charge in [0.1, 0.15) is 0 Å². The first-order valence-electron chi connectivity index (χ1n) is 4.91. The first-order chi connectivity index (χ1) is 7.77. The van der Waals surface area contributed by atoms with E-state index in [0.717, 1.165) is 5.56 Å². The average Bonchev–Trinajstić information content (AvgIpc) is 2.31. The van der Waals surface area contributed by atoms with Gasteiger partial charge in [0.15, 0.2) is 0 Å². The molecule has 0 aliphatic heterocycles. The highest BCUT2D eigenvalue weighted by Crippen LogP contribution is 2.10. The predicted molar refractivity (Wildman–Crippen MR) is 59.8 cm³/mol. The van der Waals surface area contributed by atoms with Crippen LogP contribution in [0.4, 0.5) is 0 Å². The molecule has 2 rings (SSSR count).